The smallest absolute Gasteiger partial charge is 0.0586 e. The van der Waals surface area contributed by atoms with Crippen LogP contribution in [0.4, 0.5) is 0 Å². The van der Waals surface area contributed by atoms with Gasteiger partial charge in [-0.05, 0) is 38.1 Å². The second-order valence-electron chi connectivity index (χ2n) is 4.46. The van der Waals surface area contributed by atoms with E-state index < -0.39 is 0 Å². The van der Waals surface area contributed by atoms with Crippen molar-refractivity contribution >= 4 is 11.6 Å². The van der Waals surface area contributed by atoms with Crippen molar-refractivity contribution < 1.29 is 4.74 Å². The summed E-state index contributed by atoms with van der Waals surface area (Å²) in [6, 6.07) is 8.13. The lowest BCUT2D eigenvalue weighted by Crippen LogP contribution is -2.47. The molecule has 0 unspecified atom stereocenters. The van der Waals surface area contributed by atoms with Crippen molar-refractivity contribution in [1.82, 2.24) is 5.32 Å². The first kappa shape index (κ1) is 11.9. The van der Waals surface area contributed by atoms with Crippen LogP contribution < -0.4 is 5.32 Å². The first-order chi connectivity index (χ1) is 7.78. The van der Waals surface area contributed by atoms with Gasteiger partial charge in [0.25, 0.3) is 0 Å². The minimum Gasteiger partial charge on any atom is -0.379 e. The van der Waals surface area contributed by atoms with E-state index in [1.54, 1.807) is 0 Å². The summed E-state index contributed by atoms with van der Waals surface area (Å²) in [7, 11) is 1.99. The summed E-state index contributed by atoms with van der Waals surface area (Å²) in [6.07, 6.45) is 2.29. The lowest BCUT2D eigenvalue weighted by atomic mass is 9.75. The highest BCUT2D eigenvalue weighted by Crippen LogP contribution is 2.40. The molecule has 0 saturated carbocycles. The number of hydrogen-bond acceptors (Lipinski definition) is 2. The number of rotatable bonds is 5. The zero-order valence-corrected chi connectivity index (χ0v) is 10.4. The molecule has 0 radical (unpaired) electrons. The molecule has 1 saturated heterocycles. The van der Waals surface area contributed by atoms with E-state index in [0.717, 1.165) is 37.6 Å². The van der Waals surface area contributed by atoms with Gasteiger partial charge in [-0.1, -0.05) is 29.8 Å². The zero-order chi connectivity index (χ0) is 11.4. The van der Waals surface area contributed by atoms with E-state index in [1.165, 1.54) is 5.56 Å². The summed E-state index contributed by atoms with van der Waals surface area (Å²) in [5, 5.41) is 4.05. The van der Waals surface area contributed by atoms with Gasteiger partial charge in [-0.2, -0.15) is 0 Å². The monoisotopic (exact) mass is 239 g/mol. The van der Waals surface area contributed by atoms with E-state index in [9.17, 15) is 0 Å². The van der Waals surface area contributed by atoms with Crippen LogP contribution in [0.3, 0.4) is 0 Å². The Bertz CT molecular complexity index is 350. The highest BCUT2D eigenvalue weighted by Gasteiger charge is 2.40. The molecule has 1 heterocycles. The predicted molar refractivity (Wildman–Crippen MR) is 67.1 cm³/mol. The minimum atomic E-state index is 0.162. The second kappa shape index (κ2) is 5.17. The number of nitrogens with one attached hydrogen (secondary N) is 1. The van der Waals surface area contributed by atoms with E-state index in [-0.39, 0.29) is 5.41 Å². The number of halogens is 1. The first-order valence-electron chi connectivity index (χ1n) is 5.76. The van der Waals surface area contributed by atoms with Gasteiger partial charge in [-0.15, -0.1) is 0 Å². The molecule has 1 fully saturated rings. The molecule has 0 bridgehead atoms. The van der Waals surface area contributed by atoms with Crippen molar-refractivity contribution in [2.45, 2.75) is 18.3 Å². The Labute approximate surface area is 102 Å². The summed E-state index contributed by atoms with van der Waals surface area (Å²) in [5.41, 5.74) is 1.41. The van der Waals surface area contributed by atoms with Crippen LogP contribution in [0.1, 0.15) is 18.4 Å². The summed E-state index contributed by atoms with van der Waals surface area (Å²) < 4.78 is 5.40. The van der Waals surface area contributed by atoms with Crippen LogP contribution in [-0.2, 0) is 10.2 Å². The molecule has 0 atom stereocenters. The number of ether oxygens (including phenoxy) is 1. The van der Waals surface area contributed by atoms with Crippen LogP contribution >= 0.6 is 11.6 Å². The molecule has 0 aromatic heterocycles. The van der Waals surface area contributed by atoms with Crippen molar-refractivity contribution in [3.63, 3.8) is 0 Å². The molecule has 88 valence electrons. The summed E-state index contributed by atoms with van der Waals surface area (Å²) in [4.78, 5) is 0. The molecule has 1 aromatic rings. The van der Waals surface area contributed by atoms with Gasteiger partial charge in [0.2, 0.25) is 0 Å². The van der Waals surface area contributed by atoms with Gasteiger partial charge in [-0.25, -0.2) is 0 Å². The molecule has 2 rings (SSSR count). The summed E-state index contributed by atoms with van der Waals surface area (Å²) in [6.45, 7) is 2.66. The molecular weight excluding hydrogens is 222 g/mol. The maximum Gasteiger partial charge on any atom is 0.0586 e. The molecule has 0 aliphatic carbocycles. The lowest BCUT2D eigenvalue weighted by Gasteiger charge is -2.42. The fourth-order valence-corrected chi connectivity index (χ4v) is 2.61. The van der Waals surface area contributed by atoms with Crippen molar-refractivity contribution in [3.8, 4) is 0 Å². The Hall–Kier alpha value is -0.570. The average Bonchev–Trinajstić information content (AvgIpc) is 2.24. The van der Waals surface area contributed by atoms with Crippen LogP contribution in [0.25, 0.3) is 0 Å². The van der Waals surface area contributed by atoms with Crippen molar-refractivity contribution in [2.24, 2.45) is 0 Å². The van der Waals surface area contributed by atoms with Crippen LogP contribution in [0.15, 0.2) is 24.3 Å². The average molecular weight is 240 g/mol. The van der Waals surface area contributed by atoms with E-state index in [0.29, 0.717) is 0 Å². The second-order valence-corrected chi connectivity index (χ2v) is 4.87. The van der Waals surface area contributed by atoms with Gasteiger partial charge in [0.1, 0.15) is 0 Å². The van der Waals surface area contributed by atoms with Gasteiger partial charge >= 0.3 is 0 Å². The molecule has 1 aromatic carbocycles. The van der Waals surface area contributed by atoms with Crippen LogP contribution in [0, 0.1) is 0 Å². The molecule has 0 amide bonds. The molecule has 3 heteroatoms. The van der Waals surface area contributed by atoms with Crippen molar-refractivity contribution in [1.29, 1.82) is 0 Å². The summed E-state index contributed by atoms with van der Waals surface area (Å²) >= 11 is 6.26. The molecule has 1 aliphatic heterocycles. The first-order valence-corrected chi connectivity index (χ1v) is 6.14. The molecule has 2 nitrogen and oxygen atoms in total. The quantitative estimate of drug-likeness (QED) is 0.798. The van der Waals surface area contributed by atoms with Gasteiger partial charge in [0, 0.05) is 10.4 Å². The SMILES string of the molecule is CNCCCC1(c2ccccc2Cl)COC1. The van der Waals surface area contributed by atoms with Crippen LogP contribution in [0.2, 0.25) is 5.02 Å². The van der Waals surface area contributed by atoms with E-state index in [2.05, 4.69) is 17.4 Å². The topological polar surface area (TPSA) is 21.3 Å². The fourth-order valence-electron chi connectivity index (χ4n) is 2.28. The Balaban J connectivity index is 2.12. The normalized spacial score (nSPS) is 18.1. The molecular formula is C13H18ClNO. The highest BCUT2D eigenvalue weighted by molar-refractivity contribution is 6.31. The fraction of sp³-hybridized carbons (Fsp3) is 0.538. The molecule has 1 N–H and O–H groups in total. The van der Waals surface area contributed by atoms with Gasteiger partial charge in [-0.3, -0.25) is 0 Å². The van der Waals surface area contributed by atoms with E-state index in [4.69, 9.17) is 16.3 Å². The third-order valence-corrected chi connectivity index (χ3v) is 3.61. The lowest BCUT2D eigenvalue weighted by molar-refractivity contribution is -0.0650. The third-order valence-electron chi connectivity index (χ3n) is 3.28. The zero-order valence-electron chi connectivity index (χ0n) is 9.63. The minimum absolute atomic E-state index is 0.162. The van der Waals surface area contributed by atoms with Crippen molar-refractivity contribution in [2.75, 3.05) is 26.8 Å². The molecule has 16 heavy (non-hydrogen) atoms. The molecule has 0 spiro atoms. The van der Waals surface area contributed by atoms with Gasteiger partial charge < -0.3 is 10.1 Å². The Morgan fingerprint density at radius 1 is 1.38 bits per heavy atom. The largest absolute Gasteiger partial charge is 0.379 e. The van der Waals surface area contributed by atoms with E-state index >= 15 is 0 Å². The number of benzene rings is 1. The van der Waals surface area contributed by atoms with Crippen LogP contribution in [-0.4, -0.2) is 26.8 Å². The summed E-state index contributed by atoms with van der Waals surface area (Å²) in [5.74, 6) is 0. The predicted octanol–water partition coefficient (Wildman–Crippen LogP) is 2.61. The standard InChI is InChI=1S/C13H18ClNO/c1-15-8-4-7-13(9-16-10-13)11-5-2-3-6-12(11)14/h2-3,5-6,15H,4,7-10H2,1H3. The van der Waals surface area contributed by atoms with Crippen LogP contribution in [0.5, 0.6) is 0 Å². The van der Waals surface area contributed by atoms with E-state index in [1.807, 2.05) is 19.2 Å². The molecule has 1 aliphatic rings. The Kier molecular flexibility index (Phi) is 3.85. The highest BCUT2D eigenvalue weighted by atomic mass is 35.5. The Morgan fingerprint density at radius 3 is 2.69 bits per heavy atom. The third kappa shape index (κ3) is 2.24. The number of hydrogen-bond donors (Lipinski definition) is 1. The Morgan fingerprint density at radius 2 is 2.12 bits per heavy atom. The van der Waals surface area contributed by atoms with Gasteiger partial charge in [0.15, 0.2) is 0 Å². The maximum atomic E-state index is 6.26. The van der Waals surface area contributed by atoms with Gasteiger partial charge in [0.05, 0.1) is 13.2 Å². The maximum absolute atomic E-state index is 6.26. The van der Waals surface area contributed by atoms with Crippen molar-refractivity contribution in [3.05, 3.63) is 34.9 Å².